The van der Waals surface area contributed by atoms with Gasteiger partial charge in [0.1, 0.15) is 18.2 Å². The number of rotatable bonds is 5. The van der Waals surface area contributed by atoms with Crippen LogP contribution in [0, 0.1) is 5.82 Å². The average molecular weight is 419 g/mol. The molecule has 2 aromatic carbocycles. The van der Waals surface area contributed by atoms with Crippen molar-refractivity contribution in [3.63, 3.8) is 0 Å². The minimum absolute atomic E-state index is 0.0515. The van der Waals surface area contributed by atoms with E-state index in [9.17, 15) is 27.2 Å². The van der Waals surface area contributed by atoms with Gasteiger partial charge in [0.25, 0.3) is 5.56 Å². The van der Waals surface area contributed by atoms with Crippen LogP contribution in [-0.2, 0) is 23.9 Å². The van der Waals surface area contributed by atoms with E-state index < -0.39 is 35.6 Å². The van der Waals surface area contributed by atoms with Crippen molar-refractivity contribution in [2.24, 2.45) is 0 Å². The summed E-state index contributed by atoms with van der Waals surface area (Å²) >= 11 is 0. The molecule has 1 aromatic heterocycles. The molecular weight excluding hydrogens is 402 g/mol. The molecule has 1 heterocycles. The minimum atomic E-state index is -4.55. The van der Waals surface area contributed by atoms with Gasteiger partial charge in [-0.3, -0.25) is 14.2 Å². The lowest BCUT2D eigenvalue weighted by Gasteiger charge is -2.14. The largest absolute Gasteiger partial charge is 0.416 e. The van der Waals surface area contributed by atoms with Crippen LogP contribution in [0.2, 0.25) is 0 Å². The van der Waals surface area contributed by atoms with Crippen LogP contribution < -0.4 is 10.9 Å². The Kier molecular flexibility index (Phi) is 6.00. The molecule has 5 nitrogen and oxygen atoms in total. The van der Waals surface area contributed by atoms with Crippen LogP contribution in [0.1, 0.15) is 18.2 Å². The number of hydrogen-bond donors (Lipinski definition) is 1. The predicted molar refractivity (Wildman–Crippen MR) is 103 cm³/mol. The Labute approximate surface area is 169 Å². The van der Waals surface area contributed by atoms with E-state index in [1.54, 1.807) is 6.92 Å². The second-order valence-corrected chi connectivity index (χ2v) is 6.48. The van der Waals surface area contributed by atoms with Gasteiger partial charge < -0.3 is 5.32 Å². The first kappa shape index (κ1) is 21.2. The molecule has 3 rings (SSSR count). The summed E-state index contributed by atoms with van der Waals surface area (Å²) in [6, 6.07) is 10.7. The summed E-state index contributed by atoms with van der Waals surface area (Å²) in [5.74, 6) is -1.01. The molecule has 0 aliphatic rings. The van der Waals surface area contributed by atoms with Gasteiger partial charge in [-0.05, 0) is 48.9 Å². The van der Waals surface area contributed by atoms with E-state index in [-0.39, 0.29) is 11.5 Å². The summed E-state index contributed by atoms with van der Waals surface area (Å²) in [6.45, 7) is 1.33. The molecule has 0 bridgehead atoms. The summed E-state index contributed by atoms with van der Waals surface area (Å²) in [5, 5.41) is 2.36. The number of anilines is 1. The van der Waals surface area contributed by atoms with Crippen LogP contribution in [0.3, 0.4) is 0 Å². The fourth-order valence-electron chi connectivity index (χ4n) is 2.82. The first-order valence-corrected chi connectivity index (χ1v) is 9.01. The zero-order valence-electron chi connectivity index (χ0n) is 15.8. The fraction of sp³-hybridized carbons (Fsp3) is 0.190. The third-order valence-corrected chi connectivity index (χ3v) is 4.30. The highest BCUT2D eigenvalue weighted by Crippen LogP contribution is 2.30. The monoisotopic (exact) mass is 419 g/mol. The lowest BCUT2D eigenvalue weighted by Crippen LogP contribution is -2.30. The smallest absolute Gasteiger partial charge is 0.325 e. The lowest BCUT2D eigenvalue weighted by molar-refractivity contribution is -0.137. The quantitative estimate of drug-likeness (QED) is 0.629. The molecule has 0 saturated carbocycles. The molecule has 1 N–H and O–H groups in total. The van der Waals surface area contributed by atoms with Crippen molar-refractivity contribution in [2.45, 2.75) is 26.1 Å². The third kappa shape index (κ3) is 4.91. The SMILES string of the molecule is CCc1cc(=O)n(CC(=O)Nc2cccc(C(F)(F)F)c2)c(-c2ccc(F)cc2)n1. The van der Waals surface area contributed by atoms with E-state index in [0.29, 0.717) is 17.7 Å². The molecule has 1 amide bonds. The van der Waals surface area contributed by atoms with Crippen LogP contribution in [0.4, 0.5) is 23.2 Å². The average Bonchev–Trinajstić information content (AvgIpc) is 2.69. The first-order chi connectivity index (χ1) is 14.2. The maximum atomic E-state index is 13.3. The normalized spacial score (nSPS) is 11.4. The van der Waals surface area contributed by atoms with Crippen molar-refractivity contribution in [2.75, 3.05) is 5.32 Å². The summed E-state index contributed by atoms with van der Waals surface area (Å²) in [7, 11) is 0. The molecule has 3 aromatic rings. The maximum Gasteiger partial charge on any atom is 0.416 e. The van der Waals surface area contributed by atoms with Gasteiger partial charge >= 0.3 is 6.18 Å². The summed E-state index contributed by atoms with van der Waals surface area (Å²) < 4.78 is 52.9. The maximum absolute atomic E-state index is 13.3. The minimum Gasteiger partial charge on any atom is -0.325 e. The standard InChI is InChI=1S/C21H17F4N3O2/c1-2-16-11-19(30)28(20(27-16)13-6-8-15(22)9-7-13)12-18(29)26-17-5-3-4-14(10-17)21(23,24)25/h3-11H,2,12H2,1H3,(H,26,29). The molecule has 0 atom stereocenters. The predicted octanol–water partition coefficient (Wildman–Crippen LogP) is 4.27. The molecule has 0 unspecified atom stereocenters. The molecule has 0 aliphatic carbocycles. The Balaban J connectivity index is 1.92. The Morgan fingerprint density at radius 1 is 1.10 bits per heavy atom. The van der Waals surface area contributed by atoms with Gasteiger partial charge in [0.15, 0.2) is 0 Å². The van der Waals surface area contributed by atoms with Crippen LogP contribution >= 0.6 is 0 Å². The second kappa shape index (κ2) is 8.48. The summed E-state index contributed by atoms with van der Waals surface area (Å²) in [5.41, 5.74) is -0.535. The molecular formula is C21H17F4N3O2. The molecule has 0 radical (unpaired) electrons. The van der Waals surface area contributed by atoms with Gasteiger partial charge in [0.2, 0.25) is 5.91 Å². The number of aromatic nitrogens is 2. The van der Waals surface area contributed by atoms with E-state index >= 15 is 0 Å². The number of carbonyl (C=O) groups excluding carboxylic acids is 1. The zero-order valence-corrected chi connectivity index (χ0v) is 15.8. The van der Waals surface area contributed by atoms with Crippen LogP contribution in [0.25, 0.3) is 11.4 Å². The van der Waals surface area contributed by atoms with Gasteiger partial charge in [-0.2, -0.15) is 13.2 Å². The van der Waals surface area contributed by atoms with Gasteiger partial charge in [-0.1, -0.05) is 13.0 Å². The zero-order chi connectivity index (χ0) is 21.9. The highest BCUT2D eigenvalue weighted by molar-refractivity contribution is 5.90. The van der Waals surface area contributed by atoms with Gasteiger partial charge in [-0.25, -0.2) is 9.37 Å². The van der Waals surface area contributed by atoms with Crippen LogP contribution in [-0.4, -0.2) is 15.5 Å². The Morgan fingerprint density at radius 2 is 1.80 bits per heavy atom. The van der Waals surface area contributed by atoms with Crippen molar-refractivity contribution in [1.82, 2.24) is 9.55 Å². The number of halogens is 4. The highest BCUT2D eigenvalue weighted by atomic mass is 19.4. The number of benzene rings is 2. The number of aryl methyl sites for hydroxylation is 1. The second-order valence-electron chi connectivity index (χ2n) is 6.48. The van der Waals surface area contributed by atoms with Crippen molar-refractivity contribution >= 4 is 11.6 Å². The van der Waals surface area contributed by atoms with E-state index in [1.165, 1.54) is 42.5 Å². The fourth-order valence-corrected chi connectivity index (χ4v) is 2.82. The van der Waals surface area contributed by atoms with Gasteiger partial charge in [-0.15, -0.1) is 0 Å². The lowest BCUT2D eigenvalue weighted by atomic mass is 10.2. The molecule has 30 heavy (non-hydrogen) atoms. The van der Waals surface area contributed by atoms with Crippen LogP contribution in [0.5, 0.6) is 0 Å². The molecule has 0 spiro atoms. The summed E-state index contributed by atoms with van der Waals surface area (Å²) in [4.78, 5) is 29.4. The first-order valence-electron chi connectivity index (χ1n) is 9.01. The van der Waals surface area contributed by atoms with Crippen molar-refractivity contribution in [3.8, 4) is 11.4 Å². The highest BCUT2D eigenvalue weighted by Gasteiger charge is 2.30. The molecule has 9 heteroatoms. The molecule has 0 fully saturated rings. The topological polar surface area (TPSA) is 64.0 Å². The molecule has 0 aliphatic heterocycles. The summed E-state index contributed by atoms with van der Waals surface area (Å²) in [6.07, 6.45) is -4.08. The number of nitrogens with one attached hydrogen (secondary N) is 1. The van der Waals surface area contributed by atoms with Crippen LogP contribution in [0.15, 0.2) is 59.4 Å². The Morgan fingerprint density at radius 3 is 2.43 bits per heavy atom. The van der Waals surface area contributed by atoms with E-state index in [2.05, 4.69) is 10.3 Å². The number of alkyl halides is 3. The van der Waals surface area contributed by atoms with E-state index in [1.807, 2.05) is 0 Å². The van der Waals surface area contributed by atoms with E-state index in [0.717, 1.165) is 16.7 Å². The van der Waals surface area contributed by atoms with Crippen molar-refractivity contribution in [1.29, 1.82) is 0 Å². The number of amides is 1. The van der Waals surface area contributed by atoms with Gasteiger partial charge in [0.05, 0.1) is 5.56 Å². The molecule has 156 valence electrons. The van der Waals surface area contributed by atoms with Crippen molar-refractivity contribution in [3.05, 3.63) is 82.0 Å². The Hall–Kier alpha value is -3.49. The number of hydrogen-bond acceptors (Lipinski definition) is 3. The number of nitrogens with zero attached hydrogens (tertiary/aromatic N) is 2. The van der Waals surface area contributed by atoms with E-state index in [4.69, 9.17) is 0 Å². The molecule has 0 saturated heterocycles. The van der Waals surface area contributed by atoms with Gasteiger partial charge in [0, 0.05) is 23.0 Å². The third-order valence-electron chi connectivity index (χ3n) is 4.30. The Bertz CT molecular complexity index is 1120. The van der Waals surface area contributed by atoms with Crippen molar-refractivity contribution < 1.29 is 22.4 Å². The number of carbonyl (C=O) groups is 1.